The molecular formula is C30H66Cl2N2. The second-order valence-corrected chi connectivity index (χ2v) is 12.1. The zero-order valence-corrected chi connectivity index (χ0v) is 26.1. The van der Waals surface area contributed by atoms with Crippen molar-refractivity contribution in [2.75, 3.05) is 54.4 Å². The second kappa shape index (κ2) is 26.6. The predicted molar refractivity (Wildman–Crippen MR) is 147 cm³/mol. The topological polar surface area (TPSA) is 0 Å². The average molecular weight is 526 g/mol. The third-order valence-corrected chi connectivity index (χ3v) is 7.54. The van der Waals surface area contributed by atoms with E-state index in [0.29, 0.717) is 0 Å². The first kappa shape index (κ1) is 39.0. The minimum Gasteiger partial charge on any atom is -1.00 e. The lowest BCUT2D eigenvalue weighted by molar-refractivity contribution is -0.946. The molecule has 2 nitrogen and oxygen atoms in total. The molecule has 210 valence electrons. The Kier molecular flexibility index (Phi) is 30.5. The first-order valence-electron chi connectivity index (χ1n) is 15.0. The molecule has 4 heteroatoms. The molecule has 0 saturated heterocycles. The summed E-state index contributed by atoms with van der Waals surface area (Å²) < 4.78 is 2.41. The molecular weight excluding hydrogens is 459 g/mol. The van der Waals surface area contributed by atoms with Gasteiger partial charge in [0.25, 0.3) is 0 Å². The first-order valence-corrected chi connectivity index (χ1v) is 15.0. The number of unbranched alkanes of at least 4 members (excludes halogenated alkanes) is 18. The number of quaternary nitrogens is 2. The summed E-state index contributed by atoms with van der Waals surface area (Å²) in [6.07, 6.45) is 28.8. The van der Waals surface area contributed by atoms with Gasteiger partial charge in [-0.05, 0) is 25.7 Å². The van der Waals surface area contributed by atoms with E-state index in [0.717, 1.165) is 0 Å². The van der Waals surface area contributed by atoms with E-state index in [2.05, 4.69) is 42.0 Å². The zero-order chi connectivity index (χ0) is 24.0. The fraction of sp³-hybridized carbons (Fsp3) is 1.00. The van der Waals surface area contributed by atoms with Gasteiger partial charge < -0.3 is 33.8 Å². The van der Waals surface area contributed by atoms with E-state index in [-0.39, 0.29) is 24.8 Å². The van der Waals surface area contributed by atoms with Crippen molar-refractivity contribution in [1.29, 1.82) is 0 Å². The summed E-state index contributed by atoms with van der Waals surface area (Å²) in [5.74, 6) is 0. The third kappa shape index (κ3) is 28.7. The van der Waals surface area contributed by atoms with Crippen LogP contribution in [0.1, 0.15) is 142 Å². The molecule has 0 bridgehead atoms. The highest BCUT2D eigenvalue weighted by atomic mass is 35.5. The molecule has 0 aromatic rings. The molecule has 0 fully saturated rings. The van der Waals surface area contributed by atoms with Crippen molar-refractivity contribution < 1.29 is 33.8 Å². The summed E-state index contributed by atoms with van der Waals surface area (Å²) >= 11 is 0. The number of halogens is 2. The number of hydrogen-bond acceptors (Lipinski definition) is 0. The smallest absolute Gasteiger partial charge is 0.128 e. The van der Waals surface area contributed by atoms with Crippen LogP contribution in [0.4, 0.5) is 0 Å². The van der Waals surface area contributed by atoms with Crippen LogP contribution in [0.2, 0.25) is 0 Å². The third-order valence-electron chi connectivity index (χ3n) is 7.54. The van der Waals surface area contributed by atoms with E-state index in [4.69, 9.17) is 0 Å². The molecule has 0 amide bonds. The predicted octanol–water partition coefficient (Wildman–Crippen LogP) is 2.99. The standard InChI is InChI=1S/C30H66N2.2ClH/c1-7-9-11-13-15-17-19-21-23-25-27-31(3,4)29-30-32(5,6)28-26-24-22-20-18-16-14-12-10-8-2;;/h7-30H2,1-6H3;2*1H/q+2;;/p-2. The molecule has 0 spiro atoms. The van der Waals surface area contributed by atoms with Crippen molar-refractivity contribution in [2.45, 2.75) is 142 Å². The maximum absolute atomic E-state index is 2.45. The molecule has 0 aliphatic rings. The Morgan fingerprint density at radius 2 is 0.500 bits per heavy atom. The lowest BCUT2D eigenvalue weighted by Gasteiger charge is -2.36. The molecule has 34 heavy (non-hydrogen) atoms. The average Bonchev–Trinajstić information content (AvgIpc) is 2.75. The van der Waals surface area contributed by atoms with Gasteiger partial charge in [-0.3, -0.25) is 0 Å². The van der Waals surface area contributed by atoms with Crippen molar-refractivity contribution >= 4 is 0 Å². The summed E-state index contributed by atoms with van der Waals surface area (Å²) in [5, 5.41) is 0. The maximum atomic E-state index is 2.45. The van der Waals surface area contributed by atoms with E-state index in [1.54, 1.807) is 0 Å². The molecule has 0 aromatic carbocycles. The van der Waals surface area contributed by atoms with E-state index >= 15 is 0 Å². The fourth-order valence-corrected chi connectivity index (χ4v) is 4.82. The van der Waals surface area contributed by atoms with Gasteiger partial charge >= 0.3 is 0 Å². The SMILES string of the molecule is CCCCCCCCCCCC[N+](C)(C)CC[N+](C)(C)CCCCCCCCCCCC.[Cl-].[Cl-]. The normalized spacial score (nSPS) is 11.8. The lowest BCUT2D eigenvalue weighted by atomic mass is 10.1. The molecule has 0 radical (unpaired) electrons. The van der Waals surface area contributed by atoms with Crippen LogP contribution >= 0.6 is 0 Å². The minimum absolute atomic E-state index is 0. The lowest BCUT2D eigenvalue weighted by Crippen LogP contribution is -3.00. The van der Waals surface area contributed by atoms with Gasteiger partial charge in [-0.2, -0.15) is 0 Å². The molecule has 0 aliphatic heterocycles. The van der Waals surface area contributed by atoms with Crippen LogP contribution in [0.3, 0.4) is 0 Å². The summed E-state index contributed by atoms with van der Waals surface area (Å²) in [7, 11) is 9.81. The summed E-state index contributed by atoms with van der Waals surface area (Å²) in [4.78, 5) is 0. The van der Waals surface area contributed by atoms with Crippen LogP contribution in [0.5, 0.6) is 0 Å². The van der Waals surface area contributed by atoms with E-state index in [1.165, 1.54) is 164 Å². The van der Waals surface area contributed by atoms with E-state index in [1.807, 2.05) is 0 Å². The zero-order valence-electron chi connectivity index (χ0n) is 24.6. The Morgan fingerprint density at radius 1 is 0.294 bits per heavy atom. The summed E-state index contributed by atoms with van der Waals surface area (Å²) in [6, 6.07) is 0. The van der Waals surface area contributed by atoms with Crippen LogP contribution in [-0.2, 0) is 0 Å². The first-order chi connectivity index (χ1) is 15.3. The highest BCUT2D eigenvalue weighted by molar-refractivity contribution is 4.49. The van der Waals surface area contributed by atoms with Crippen molar-refractivity contribution in [3.8, 4) is 0 Å². The highest BCUT2D eigenvalue weighted by Gasteiger charge is 2.22. The van der Waals surface area contributed by atoms with Gasteiger partial charge in [-0.25, -0.2) is 0 Å². The van der Waals surface area contributed by atoms with Gasteiger partial charge in [0.1, 0.15) is 13.1 Å². The molecule has 0 aromatic heterocycles. The molecule has 0 atom stereocenters. The molecule has 0 rings (SSSR count). The Balaban J connectivity index is -0.00000480. The Bertz CT molecular complexity index is 350. The number of hydrogen-bond donors (Lipinski definition) is 0. The molecule has 0 saturated carbocycles. The van der Waals surface area contributed by atoms with Gasteiger partial charge in [-0.15, -0.1) is 0 Å². The van der Waals surface area contributed by atoms with Crippen molar-refractivity contribution in [3.63, 3.8) is 0 Å². The molecule has 0 unspecified atom stereocenters. The van der Waals surface area contributed by atoms with Gasteiger partial charge in [0, 0.05) is 0 Å². The van der Waals surface area contributed by atoms with Gasteiger partial charge in [0.05, 0.1) is 41.3 Å². The summed E-state index contributed by atoms with van der Waals surface area (Å²) in [6.45, 7) is 9.96. The van der Waals surface area contributed by atoms with E-state index < -0.39 is 0 Å². The van der Waals surface area contributed by atoms with Gasteiger partial charge in [0.15, 0.2) is 0 Å². The monoisotopic (exact) mass is 524 g/mol. The summed E-state index contributed by atoms with van der Waals surface area (Å²) in [5.41, 5.74) is 0. The molecule has 0 N–H and O–H groups in total. The Morgan fingerprint density at radius 3 is 0.735 bits per heavy atom. The minimum atomic E-state index is 0. The van der Waals surface area contributed by atoms with Crippen LogP contribution in [0, 0.1) is 0 Å². The number of likely N-dealkylation sites (N-methyl/N-ethyl adjacent to an activating group) is 2. The quantitative estimate of drug-likeness (QED) is 0.127. The largest absolute Gasteiger partial charge is 1.00 e. The van der Waals surface area contributed by atoms with Crippen LogP contribution in [-0.4, -0.2) is 63.3 Å². The molecule has 0 aliphatic carbocycles. The van der Waals surface area contributed by atoms with E-state index in [9.17, 15) is 0 Å². The van der Waals surface area contributed by atoms with Gasteiger partial charge in [-0.1, -0.05) is 117 Å². The maximum Gasteiger partial charge on any atom is 0.128 e. The second-order valence-electron chi connectivity index (χ2n) is 12.1. The molecule has 0 heterocycles. The Labute approximate surface area is 230 Å². The van der Waals surface area contributed by atoms with Gasteiger partial charge in [0.2, 0.25) is 0 Å². The van der Waals surface area contributed by atoms with Crippen LogP contribution in [0.15, 0.2) is 0 Å². The fourth-order valence-electron chi connectivity index (χ4n) is 4.82. The Hall–Kier alpha value is 0.500. The van der Waals surface area contributed by atoms with Crippen molar-refractivity contribution in [1.82, 2.24) is 0 Å². The number of nitrogens with zero attached hydrogens (tertiary/aromatic N) is 2. The van der Waals surface area contributed by atoms with Crippen LogP contribution < -0.4 is 24.8 Å². The highest BCUT2D eigenvalue weighted by Crippen LogP contribution is 2.14. The van der Waals surface area contributed by atoms with Crippen molar-refractivity contribution in [2.24, 2.45) is 0 Å². The van der Waals surface area contributed by atoms with Crippen LogP contribution in [0.25, 0.3) is 0 Å². The van der Waals surface area contributed by atoms with Crippen molar-refractivity contribution in [3.05, 3.63) is 0 Å². The number of rotatable bonds is 25.